The number of benzene rings is 1. The molecule has 0 spiro atoms. The normalized spacial score (nSPS) is 12.6. The molecule has 0 fully saturated rings. The first-order chi connectivity index (χ1) is 8.28. The SMILES string of the molecule is CC(C)n1c(CC(C)(C)O)cc2cc(Cl)ccc21. The molecule has 0 aliphatic heterocycles. The second-order valence-electron chi connectivity index (χ2n) is 5.79. The Labute approximate surface area is 113 Å². The Hall–Kier alpha value is -0.990. The summed E-state index contributed by atoms with van der Waals surface area (Å²) < 4.78 is 2.27. The minimum atomic E-state index is -0.704. The average molecular weight is 266 g/mol. The molecule has 1 N–H and O–H groups in total. The Balaban J connectivity index is 2.61. The van der Waals surface area contributed by atoms with Crippen LogP contribution in [0.5, 0.6) is 0 Å². The number of nitrogens with zero attached hydrogens (tertiary/aromatic N) is 1. The lowest BCUT2D eigenvalue weighted by molar-refractivity contribution is 0.0789. The molecule has 0 unspecified atom stereocenters. The number of aliphatic hydroxyl groups is 1. The van der Waals surface area contributed by atoms with Gasteiger partial charge >= 0.3 is 0 Å². The molecule has 0 saturated heterocycles. The minimum Gasteiger partial charge on any atom is -0.390 e. The lowest BCUT2D eigenvalue weighted by atomic mass is 10.0. The van der Waals surface area contributed by atoms with E-state index in [1.54, 1.807) is 0 Å². The van der Waals surface area contributed by atoms with Crippen molar-refractivity contribution in [1.29, 1.82) is 0 Å². The van der Waals surface area contributed by atoms with E-state index in [9.17, 15) is 5.11 Å². The van der Waals surface area contributed by atoms with Crippen molar-refractivity contribution in [3.63, 3.8) is 0 Å². The summed E-state index contributed by atoms with van der Waals surface area (Å²) in [6.45, 7) is 7.98. The monoisotopic (exact) mass is 265 g/mol. The second-order valence-corrected chi connectivity index (χ2v) is 6.23. The second kappa shape index (κ2) is 4.60. The van der Waals surface area contributed by atoms with Gasteiger partial charge in [-0.25, -0.2) is 0 Å². The molecule has 2 nitrogen and oxygen atoms in total. The molecule has 1 aromatic carbocycles. The maximum Gasteiger partial charge on any atom is 0.0646 e. The van der Waals surface area contributed by atoms with Crippen molar-refractivity contribution < 1.29 is 5.11 Å². The Bertz CT molecular complexity index is 564. The molecule has 1 heterocycles. The largest absolute Gasteiger partial charge is 0.390 e. The summed E-state index contributed by atoms with van der Waals surface area (Å²) in [5.41, 5.74) is 1.62. The van der Waals surface area contributed by atoms with Crippen molar-refractivity contribution in [1.82, 2.24) is 4.57 Å². The van der Waals surface area contributed by atoms with Gasteiger partial charge in [-0.3, -0.25) is 0 Å². The van der Waals surface area contributed by atoms with Gasteiger partial charge in [-0.05, 0) is 52.0 Å². The maximum absolute atomic E-state index is 10.0. The summed E-state index contributed by atoms with van der Waals surface area (Å²) in [6.07, 6.45) is 0.636. The summed E-state index contributed by atoms with van der Waals surface area (Å²) in [5, 5.41) is 11.9. The first kappa shape index (κ1) is 13.4. The third kappa shape index (κ3) is 2.70. The van der Waals surface area contributed by atoms with Gasteiger partial charge in [-0.15, -0.1) is 0 Å². The average Bonchev–Trinajstić information content (AvgIpc) is 2.51. The molecule has 0 amide bonds. The van der Waals surface area contributed by atoms with Gasteiger partial charge < -0.3 is 9.67 Å². The van der Waals surface area contributed by atoms with E-state index in [1.807, 2.05) is 32.0 Å². The molecule has 98 valence electrons. The highest BCUT2D eigenvalue weighted by molar-refractivity contribution is 6.31. The van der Waals surface area contributed by atoms with Crippen molar-refractivity contribution in [2.75, 3.05) is 0 Å². The van der Waals surface area contributed by atoms with Crippen LogP contribution < -0.4 is 0 Å². The third-order valence-electron chi connectivity index (χ3n) is 3.01. The van der Waals surface area contributed by atoms with Gasteiger partial charge in [0.15, 0.2) is 0 Å². The van der Waals surface area contributed by atoms with Crippen LogP contribution >= 0.6 is 11.6 Å². The zero-order chi connectivity index (χ0) is 13.5. The zero-order valence-electron chi connectivity index (χ0n) is 11.4. The van der Waals surface area contributed by atoms with Crippen LogP contribution in [0.15, 0.2) is 24.3 Å². The van der Waals surface area contributed by atoms with Crippen molar-refractivity contribution in [3.05, 3.63) is 35.0 Å². The van der Waals surface area contributed by atoms with Crippen LogP contribution in [-0.4, -0.2) is 15.3 Å². The van der Waals surface area contributed by atoms with E-state index in [1.165, 1.54) is 5.52 Å². The number of hydrogen-bond acceptors (Lipinski definition) is 1. The Morgan fingerprint density at radius 3 is 2.50 bits per heavy atom. The van der Waals surface area contributed by atoms with Crippen LogP contribution in [0.3, 0.4) is 0 Å². The number of aromatic nitrogens is 1. The first-order valence-electron chi connectivity index (χ1n) is 6.30. The molecular formula is C15H20ClNO. The van der Waals surface area contributed by atoms with Crippen molar-refractivity contribution in [3.8, 4) is 0 Å². The summed E-state index contributed by atoms with van der Waals surface area (Å²) in [5.74, 6) is 0. The first-order valence-corrected chi connectivity index (χ1v) is 6.67. The van der Waals surface area contributed by atoms with E-state index in [2.05, 4.69) is 24.5 Å². The van der Waals surface area contributed by atoms with E-state index in [-0.39, 0.29) is 0 Å². The summed E-state index contributed by atoms with van der Waals surface area (Å²) >= 11 is 6.03. The van der Waals surface area contributed by atoms with Crippen molar-refractivity contribution >= 4 is 22.5 Å². The van der Waals surface area contributed by atoms with Gasteiger partial charge in [0.1, 0.15) is 0 Å². The van der Waals surface area contributed by atoms with E-state index in [0.29, 0.717) is 12.5 Å². The molecule has 0 aliphatic rings. The van der Waals surface area contributed by atoms with Crippen LogP contribution in [0.2, 0.25) is 5.02 Å². The molecule has 18 heavy (non-hydrogen) atoms. The van der Waals surface area contributed by atoms with E-state index >= 15 is 0 Å². The highest BCUT2D eigenvalue weighted by atomic mass is 35.5. The van der Waals surface area contributed by atoms with Crippen LogP contribution in [0.1, 0.15) is 39.4 Å². The van der Waals surface area contributed by atoms with E-state index in [0.717, 1.165) is 16.1 Å². The fourth-order valence-electron chi connectivity index (χ4n) is 2.45. The Morgan fingerprint density at radius 2 is 1.94 bits per heavy atom. The molecule has 2 aromatic rings. The zero-order valence-corrected chi connectivity index (χ0v) is 12.1. The molecule has 0 bridgehead atoms. The highest BCUT2D eigenvalue weighted by Crippen LogP contribution is 2.28. The van der Waals surface area contributed by atoms with E-state index < -0.39 is 5.60 Å². The number of hydrogen-bond donors (Lipinski definition) is 1. The van der Waals surface area contributed by atoms with Crippen molar-refractivity contribution in [2.24, 2.45) is 0 Å². The predicted molar refractivity (Wildman–Crippen MR) is 77.3 cm³/mol. The van der Waals surface area contributed by atoms with Gasteiger partial charge in [-0.2, -0.15) is 0 Å². The molecular weight excluding hydrogens is 246 g/mol. The lowest BCUT2D eigenvalue weighted by Crippen LogP contribution is -2.24. The maximum atomic E-state index is 10.0. The summed E-state index contributed by atoms with van der Waals surface area (Å²) in [6, 6.07) is 8.42. The molecule has 0 atom stereocenters. The molecule has 0 saturated carbocycles. The fraction of sp³-hybridized carbons (Fsp3) is 0.467. The number of fused-ring (bicyclic) bond motifs is 1. The molecule has 3 heteroatoms. The third-order valence-corrected chi connectivity index (χ3v) is 3.25. The Kier molecular flexibility index (Phi) is 3.43. The summed E-state index contributed by atoms with van der Waals surface area (Å²) in [7, 11) is 0. The van der Waals surface area contributed by atoms with Gasteiger partial charge in [0.2, 0.25) is 0 Å². The van der Waals surface area contributed by atoms with Crippen molar-refractivity contribution in [2.45, 2.75) is 45.8 Å². The molecule has 1 aromatic heterocycles. The highest BCUT2D eigenvalue weighted by Gasteiger charge is 2.19. The van der Waals surface area contributed by atoms with Crippen LogP contribution in [0.25, 0.3) is 10.9 Å². The van der Waals surface area contributed by atoms with Gasteiger partial charge in [0, 0.05) is 34.1 Å². The smallest absolute Gasteiger partial charge is 0.0646 e. The minimum absolute atomic E-state index is 0.362. The molecule has 2 rings (SSSR count). The topological polar surface area (TPSA) is 25.2 Å². The Morgan fingerprint density at radius 1 is 1.28 bits per heavy atom. The standard InChI is InChI=1S/C15H20ClNO/c1-10(2)17-13(9-15(3,4)18)8-11-7-12(16)5-6-14(11)17/h5-8,10,18H,9H2,1-4H3. The quantitative estimate of drug-likeness (QED) is 0.885. The predicted octanol–water partition coefficient (Wildman–Crippen LogP) is 4.19. The number of rotatable bonds is 3. The fourth-order valence-corrected chi connectivity index (χ4v) is 2.63. The molecule has 0 aliphatic carbocycles. The molecule has 0 radical (unpaired) electrons. The van der Waals surface area contributed by atoms with Crippen LogP contribution in [0, 0.1) is 0 Å². The van der Waals surface area contributed by atoms with Gasteiger partial charge in [0.05, 0.1) is 5.60 Å². The van der Waals surface area contributed by atoms with E-state index in [4.69, 9.17) is 11.6 Å². The number of halogens is 1. The van der Waals surface area contributed by atoms with Gasteiger partial charge in [-0.1, -0.05) is 11.6 Å². The summed E-state index contributed by atoms with van der Waals surface area (Å²) in [4.78, 5) is 0. The van der Waals surface area contributed by atoms with Crippen LogP contribution in [-0.2, 0) is 6.42 Å². The lowest BCUT2D eigenvalue weighted by Gasteiger charge is -2.21. The van der Waals surface area contributed by atoms with Crippen LogP contribution in [0.4, 0.5) is 0 Å². The van der Waals surface area contributed by atoms with Gasteiger partial charge in [0.25, 0.3) is 0 Å².